The van der Waals surface area contributed by atoms with Crippen LogP contribution in [-0.4, -0.2) is 24.0 Å². The highest BCUT2D eigenvalue weighted by Gasteiger charge is 2.12. The first-order valence-corrected chi connectivity index (χ1v) is 9.61. The molecule has 0 unspecified atom stereocenters. The van der Waals surface area contributed by atoms with Crippen molar-refractivity contribution in [1.82, 2.24) is 4.98 Å². The number of anilines is 4. The Labute approximate surface area is 169 Å². The van der Waals surface area contributed by atoms with Crippen molar-refractivity contribution < 1.29 is 4.79 Å². The third-order valence-corrected chi connectivity index (χ3v) is 4.93. The molecule has 6 nitrogen and oxygen atoms in total. The van der Waals surface area contributed by atoms with Crippen LogP contribution < -0.4 is 15.5 Å². The fraction of sp³-hybridized carbons (Fsp3) is 0.174. The maximum atomic E-state index is 12.5. The molecule has 6 heteroatoms. The molecule has 1 aliphatic rings. The minimum Gasteiger partial charge on any atom is -0.372 e. The highest BCUT2D eigenvalue weighted by molar-refractivity contribution is 6.04. The first-order chi connectivity index (χ1) is 14.2. The van der Waals surface area contributed by atoms with Gasteiger partial charge in [-0.2, -0.15) is 5.26 Å². The molecule has 2 aromatic carbocycles. The van der Waals surface area contributed by atoms with Crippen LogP contribution in [-0.2, 0) is 0 Å². The fourth-order valence-corrected chi connectivity index (χ4v) is 3.36. The minimum absolute atomic E-state index is 0.213. The molecule has 0 atom stereocenters. The molecule has 0 radical (unpaired) electrons. The van der Waals surface area contributed by atoms with Crippen molar-refractivity contribution in [1.29, 1.82) is 5.26 Å². The summed E-state index contributed by atoms with van der Waals surface area (Å²) in [5.41, 5.74) is 3.62. The average molecular weight is 383 g/mol. The molecule has 3 aromatic rings. The second-order valence-electron chi connectivity index (χ2n) is 6.91. The second-order valence-corrected chi connectivity index (χ2v) is 6.91. The molecular weight excluding hydrogens is 362 g/mol. The largest absolute Gasteiger partial charge is 0.372 e. The number of nitrogens with zero attached hydrogens (tertiary/aromatic N) is 3. The summed E-state index contributed by atoms with van der Waals surface area (Å²) < 4.78 is 0. The van der Waals surface area contributed by atoms with Crippen LogP contribution in [0.5, 0.6) is 0 Å². The van der Waals surface area contributed by atoms with E-state index in [1.807, 2.05) is 42.5 Å². The SMILES string of the molecule is N#Cc1ccccc1Nc1ccc(C(=O)Nc2ccc(N3CCCC3)cc2)cn1. The van der Waals surface area contributed by atoms with Gasteiger partial charge in [-0.05, 0) is 61.4 Å². The van der Waals surface area contributed by atoms with Gasteiger partial charge in [0.2, 0.25) is 0 Å². The number of para-hydroxylation sites is 1. The van der Waals surface area contributed by atoms with Crippen molar-refractivity contribution in [3.8, 4) is 6.07 Å². The van der Waals surface area contributed by atoms with Gasteiger partial charge in [0.15, 0.2) is 0 Å². The van der Waals surface area contributed by atoms with Gasteiger partial charge in [0.25, 0.3) is 5.91 Å². The normalized spacial score (nSPS) is 13.0. The lowest BCUT2D eigenvalue weighted by Gasteiger charge is -2.17. The molecular formula is C23H21N5O. The van der Waals surface area contributed by atoms with E-state index in [4.69, 9.17) is 5.26 Å². The van der Waals surface area contributed by atoms with Gasteiger partial charge >= 0.3 is 0 Å². The number of aromatic nitrogens is 1. The van der Waals surface area contributed by atoms with Gasteiger partial charge in [-0.1, -0.05) is 12.1 Å². The maximum absolute atomic E-state index is 12.5. The van der Waals surface area contributed by atoms with Crippen molar-refractivity contribution in [2.45, 2.75) is 12.8 Å². The quantitative estimate of drug-likeness (QED) is 0.676. The van der Waals surface area contributed by atoms with E-state index in [1.54, 1.807) is 18.2 Å². The van der Waals surface area contributed by atoms with Crippen molar-refractivity contribution in [2.24, 2.45) is 0 Å². The summed E-state index contributed by atoms with van der Waals surface area (Å²) in [7, 11) is 0. The van der Waals surface area contributed by atoms with E-state index in [0.717, 1.165) is 18.8 Å². The molecule has 2 heterocycles. The molecule has 0 bridgehead atoms. The lowest BCUT2D eigenvalue weighted by atomic mass is 10.2. The smallest absolute Gasteiger partial charge is 0.257 e. The average Bonchev–Trinajstić information content (AvgIpc) is 3.30. The maximum Gasteiger partial charge on any atom is 0.257 e. The molecule has 2 N–H and O–H groups in total. The molecule has 0 saturated carbocycles. The highest BCUT2D eigenvalue weighted by Crippen LogP contribution is 2.23. The van der Waals surface area contributed by atoms with E-state index < -0.39 is 0 Å². The lowest BCUT2D eigenvalue weighted by Crippen LogP contribution is -2.17. The zero-order chi connectivity index (χ0) is 20.1. The first-order valence-electron chi connectivity index (χ1n) is 9.61. The molecule has 1 aliphatic heterocycles. The van der Waals surface area contributed by atoms with E-state index in [-0.39, 0.29) is 5.91 Å². The van der Waals surface area contributed by atoms with E-state index >= 15 is 0 Å². The van der Waals surface area contributed by atoms with Crippen LogP contribution in [0.3, 0.4) is 0 Å². The fourth-order valence-electron chi connectivity index (χ4n) is 3.36. The summed E-state index contributed by atoms with van der Waals surface area (Å²) in [5, 5.41) is 15.2. The molecule has 1 amide bonds. The Morgan fingerprint density at radius 3 is 2.45 bits per heavy atom. The number of hydrogen-bond donors (Lipinski definition) is 2. The minimum atomic E-state index is -0.213. The second kappa shape index (κ2) is 8.44. The van der Waals surface area contributed by atoms with Crippen LogP contribution >= 0.6 is 0 Å². The van der Waals surface area contributed by atoms with Gasteiger partial charge in [-0.3, -0.25) is 4.79 Å². The summed E-state index contributed by atoms with van der Waals surface area (Å²) in [6, 6.07) is 20.7. The third-order valence-electron chi connectivity index (χ3n) is 4.93. The predicted octanol–water partition coefficient (Wildman–Crippen LogP) is 4.55. The van der Waals surface area contributed by atoms with Crippen molar-refractivity contribution in [2.75, 3.05) is 28.6 Å². The third kappa shape index (κ3) is 4.36. The molecule has 144 valence electrons. The number of nitrogens with one attached hydrogen (secondary N) is 2. The van der Waals surface area contributed by atoms with Crippen LogP contribution in [0.1, 0.15) is 28.8 Å². The van der Waals surface area contributed by atoms with Crippen LogP contribution in [0, 0.1) is 11.3 Å². The lowest BCUT2D eigenvalue weighted by molar-refractivity contribution is 0.102. The molecule has 1 saturated heterocycles. The van der Waals surface area contributed by atoms with Gasteiger partial charge < -0.3 is 15.5 Å². The molecule has 4 rings (SSSR count). The van der Waals surface area contributed by atoms with Gasteiger partial charge in [-0.15, -0.1) is 0 Å². The number of benzene rings is 2. The molecule has 1 aromatic heterocycles. The van der Waals surface area contributed by atoms with Crippen molar-refractivity contribution >= 4 is 28.8 Å². The highest BCUT2D eigenvalue weighted by atomic mass is 16.1. The molecule has 1 fully saturated rings. The number of nitriles is 1. The molecule has 0 spiro atoms. The summed E-state index contributed by atoms with van der Waals surface area (Å²) >= 11 is 0. The zero-order valence-electron chi connectivity index (χ0n) is 15.9. The summed E-state index contributed by atoms with van der Waals surface area (Å²) in [5.74, 6) is 0.356. The van der Waals surface area contributed by atoms with Crippen LogP contribution in [0.25, 0.3) is 0 Å². The number of amides is 1. The number of rotatable bonds is 5. The number of hydrogen-bond acceptors (Lipinski definition) is 5. The number of carbonyl (C=O) groups excluding carboxylic acids is 1. The molecule has 0 aliphatic carbocycles. The van der Waals surface area contributed by atoms with Crippen molar-refractivity contribution in [3.05, 3.63) is 78.0 Å². The topological polar surface area (TPSA) is 81.0 Å². The Kier molecular flexibility index (Phi) is 5.39. The van der Waals surface area contributed by atoms with Gasteiger partial charge in [0, 0.05) is 30.7 Å². The Morgan fingerprint density at radius 2 is 1.76 bits per heavy atom. The van der Waals surface area contributed by atoms with E-state index in [2.05, 4.69) is 26.6 Å². The zero-order valence-corrected chi connectivity index (χ0v) is 15.9. The van der Waals surface area contributed by atoms with Gasteiger partial charge in [0.05, 0.1) is 16.8 Å². The Balaban J connectivity index is 1.39. The Bertz CT molecular complexity index is 1030. The standard InChI is InChI=1S/C23H21N5O/c24-15-17-5-1-2-6-21(17)27-22-12-7-18(16-25-22)23(29)26-19-8-10-20(11-9-19)28-13-3-4-14-28/h1-2,5-12,16H,3-4,13-14H2,(H,25,27)(H,26,29). The Morgan fingerprint density at radius 1 is 1.00 bits per heavy atom. The van der Waals surface area contributed by atoms with E-state index in [0.29, 0.717) is 22.6 Å². The molecule has 29 heavy (non-hydrogen) atoms. The van der Waals surface area contributed by atoms with Crippen LogP contribution in [0.15, 0.2) is 66.9 Å². The van der Waals surface area contributed by atoms with Crippen molar-refractivity contribution in [3.63, 3.8) is 0 Å². The number of pyridine rings is 1. The van der Waals surface area contributed by atoms with Gasteiger partial charge in [0.1, 0.15) is 11.9 Å². The predicted molar refractivity (Wildman–Crippen MR) is 115 cm³/mol. The Hall–Kier alpha value is -3.85. The van der Waals surface area contributed by atoms with Crippen LogP contribution in [0.2, 0.25) is 0 Å². The van der Waals surface area contributed by atoms with E-state index in [1.165, 1.54) is 24.7 Å². The van der Waals surface area contributed by atoms with E-state index in [9.17, 15) is 4.79 Å². The van der Waals surface area contributed by atoms with Gasteiger partial charge in [-0.25, -0.2) is 4.98 Å². The van der Waals surface area contributed by atoms with Crippen LogP contribution in [0.4, 0.5) is 22.9 Å². The number of carbonyl (C=O) groups is 1. The summed E-state index contributed by atoms with van der Waals surface area (Å²) in [6.07, 6.45) is 3.99. The first kappa shape index (κ1) is 18.5. The summed E-state index contributed by atoms with van der Waals surface area (Å²) in [4.78, 5) is 19.1. The monoisotopic (exact) mass is 383 g/mol. The summed E-state index contributed by atoms with van der Waals surface area (Å²) in [6.45, 7) is 2.19.